The normalized spacial score (nSPS) is 11.7. The molecule has 0 saturated heterocycles. The number of nitrogens with zero attached hydrogens (tertiary/aromatic N) is 2. The molecule has 0 aliphatic carbocycles. The molecule has 0 radical (unpaired) electrons. The number of aliphatic imine (C=N–C) groups is 1. The van der Waals surface area contributed by atoms with E-state index < -0.39 is 0 Å². The zero-order valence-electron chi connectivity index (χ0n) is 15.9. The summed E-state index contributed by atoms with van der Waals surface area (Å²) in [6, 6.07) is 20.0. The van der Waals surface area contributed by atoms with Crippen molar-refractivity contribution in [1.82, 2.24) is 4.98 Å². The molecular formula is C24H14BrClN2O3. The molecule has 5 rings (SSSR count). The number of halogens is 2. The predicted molar refractivity (Wildman–Crippen MR) is 127 cm³/mol. The quantitative estimate of drug-likeness (QED) is 0.260. The zero-order chi connectivity index (χ0) is 21.5. The third-order valence-electron chi connectivity index (χ3n) is 4.88. The van der Waals surface area contributed by atoms with Crippen molar-refractivity contribution in [1.29, 1.82) is 0 Å². The van der Waals surface area contributed by atoms with Gasteiger partial charge in [-0.15, -0.1) is 0 Å². The van der Waals surface area contributed by atoms with Crippen molar-refractivity contribution >= 4 is 61.3 Å². The van der Waals surface area contributed by atoms with E-state index in [2.05, 4.69) is 25.9 Å². The van der Waals surface area contributed by atoms with Gasteiger partial charge < -0.3 is 14.6 Å². The van der Waals surface area contributed by atoms with Crippen LogP contribution in [0.3, 0.4) is 0 Å². The number of benzene rings is 4. The van der Waals surface area contributed by atoms with Gasteiger partial charge in [0.1, 0.15) is 17.0 Å². The summed E-state index contributed by atoms with van der Waals surface area (Å²) < 4.78 is 6.60. The molecule has 1 aromatic heterocycles. The summed E-state index contributed by atoms with van der Waals surface area (Å²) in [5, 5.41) is 22.7. The molecule has 0 aliphatic heterocycles. The molecular weight excluding hydrogens is 480 g/mol. The van der Waals surface area contributed by atoms with Crippen LogP contribution >= 0.6 is 27.5 Å². The van der Waals surface area contributed by atoms with Crippen molar-refractivity contribution < 1.29 is 14.6 Å². The molecule has 1 heterocycles. The van der Waals surface area contributed by atoms with Gasteiger partial charge in [-0.1, -0.05) is 51.8 Å². The Labute approximate surface area is 190 Å². The largest absolute Gasteiger partial charge is 0.507 e. The number of hydrogen-bond donors (Lipinski definition) is 2. The van der Waals surface area contributed by atoms with E-state index in [9.17, 15) is 10.2 Å². The van der Waals surface area contributed by atoms with E-state index in [4.69, 9.17) is 16.0 Å². The summed E-state index contributed by atoms with van der Waals surface area (Å²) in [5.74, 6) is 0.395. The Bertz CT molecular complexity index is 1490. The fourth-order valence-electron chi connectivity index (χ4n) is 3.34. The molecule has 0 spiro atoms. The first-order valence-corrected chi connectivity index (χ1v) is 10.5. The van der Waals surface area contributed by atoms with Gasteiger partial charge in [-0.2, -0.15) is 0 Å². The Morgan fingerprint density at radius 1 is 0.968 bits per heavy atom. The third kappa shape index (κ3) is 3.76. The number of aromatic hydroxyl groups is 2. The Morgan fingerprint density at radius 3 is 2.55 bits per heavy atom. The number of phenolic OH excluding ortho intramolecular Hbond substituents is 2. The number of fused-ring (bicyclic) bond motifs is 2. The lowest BCUT2D eigenvalue weighted by Gasteiger charge is -2.03. The lowest BCUT2D eigenvalue weighted by atomic mass is 10.1. The lowest BCUT2D eigenvalue weighted by Crippen LogP contribution is -1.84. The Hall–Kier alpha value is -3.35. The minimum absolute atomic E-state index is 0.0369. The predicted octanol–water partition coefficient (Wildman–Crippen LogP) is 7.23. The minimum Gasteiger partial charge on any atom is -0.507 e. The number of aromatic nitrogens is 1. The topological polar surface area (TPSA) is 78.9 Å². The molecule has 0 unspecified atom stereocenters. The SMILES string of the molecule is Oc1cc2ccccc2cc1-c1nc2cc(N=Cc3cc(Br)cc(Cl)c3O)ccc2o1. The van der Waals surface area contributed by atoms with Crippen LogP contribution in [0.5, 0.6) is 11.5 Å². The molecule has 31 heavy (non-hydrogen) atoms. The fourth-order valence-corrected chi connectivity index (χ4v) is 4.17. The van der Waals surface area contributed by atoms with Crippen molar-refractivity contribution in [3.8, 4) is 23.0 Å². The second kappa shape index (κ2) is 7.72. The van der Waals surface area contributed by atoms with Crippen LogP contribution in [0.25, 0.3) is 33.3 Å². The van der Waals surface area contributed by atoms with Crippen molar-refractivity contribution in [2.45, 2.75) is 0 Å². The minimum atomic E-state index is -0.0369. The Kier molecular flexibility index (Phi) is 4.88. The van der Waals surface area contributed by atoms with E-state index in [0.29, 0.717) is 33.8 Å². The molecule has 0 atom stereocenters. The van der Waals surface area contributed by atoms with Gasteiger partial charge in [0.25, 0.3) is 0 Å². The van der Waals surface area contributed by atoms with Crippen molar-refractivity contribution in [2.24, 2.45) is 4.99 Å². The number of phenols is 2. The van der Waals surface area contributed by atoms with Gasteiger partial charge in [-0.05, 0) is 53.2 Å². The van der Waals surface area contributed by atoms with Crippen molar-refractivity contribution in [2.75, 3.05) is 0 Å². The van der Waals surface area contributed by atoms with E-state index in [0.717, 1.165) is 15.2 Å². The van der Waals surface area contributed by atoms with Gasteiger partial charge in [0.05, 0.1) is 16.3 Å². The standard InChI is InChI=1S/C24H14BrClN2O3/c25-16-7-15(23(30)19(26)10-16)12-27-17-5-6-22-20(11-17)28-24(31-22)18-8-13-3-1-2-4-14(13)9-21(18)29/h1-12,29-30H. The van der Waals surface area contributed by atoms with E-state index in [1.54, 1.807) is 36.4 Å². The highest BCUT2D eigenvalue weighted by Crippen LogP contribution is 2.35. The first-order valence-electron chi connectivity index (χ1n) is 9.33. The summed E-state index contributed by atoms with van der Waals surface area (Å²) >= 11 is 9.36. The van der Waals surface area contributed by atoms with Gasteiger partial charge >= 0.3 is 0 Å². The van der Waals surface area contributed by atoms with Crippen molar-refractivity contribution in [3.05, 3.63) is 81.8 Å². The maximum atomic E-state index is 10.5. The van der Waals surface area contributed by atoms with Gasteiger partial charge in [0, 0.05) is 16.3 Å². The summed E-state index contributed by atoms with van der Waals surface area (Å²) in [4.78, 5) is 8.95. The van der Waals surface area contributed by atoms with E-state index >= 15 is 0 Å². The molecule has 152 valence electrons. The lowest BCUT2D eigenvalue weighted by molar-refractivity contribution is 0.474. The van der Waals surface area contributed by atoms with Gasteiger partial charge in [-0.3, -0.25) is 4.99 Å². The Balaban J connectivity index is 1.52. The van der Waals surface area contributed by atoms with Crippen LogP contribution < -0.4 is 0 Å². The highest BCUT2D eigenvalue weighted by Gasteiger charge is 2.14. The molecule has 7 heteroatoms. The first kappa shape index (κ1) is 19.6. The highest BCUT2D eigenvalue weighted by molar-refractivity contribution is 9.10. The monoisotopic (exact) mass is 492 g/mol. The first-order chi connectivity index (χ1) is 15.0. The van der Waals surface area contributed by atoms with Crippen LogP contribution in [-0.4, -0.2) is 21.4 Å². The average molecular weight is 494 g/mol. The van der Waals surface area contributed by atoms with Gasteiger partial charge in [-0.25, -0.2) is 4.98 Å². The van der Waals surface area contributed by atoms with Crippen molar-refractivity contribution in [3.63, 3.8) is 0 Å². The summed E-state index contributed by atoms with van der Waals surface area (Å²) in [7, 11) is 0. The second-order valence-electron chi connectivity index (χ2n) is 6.97. The molecule has 0 amide bonds. The molecule has 0 saturated carbocycles. The number of oxazole rings is 1. The van der Waals surface area contributed by atoms with Crippen LogP contribution in [0.4, 0.5) is 5.69 Å². The molecule has 2 N–H and O–H groups in total. The number of rotatable bonds is 3. The van der Waals surface area contributed by atoms with Crippen LogP contribution in [0, 0.1) is 0 Å². The second-order valence-corrected chi connectivity index (χ2v) is 8.29. The molecule has 0 fully saturated rings. The van der Waals surface area contributed by atoms with Gasteiger partial charge in [0.2, 0.25) is 5.89 Å². The molecule has 5 nitrogen and oxygen atoms in total. The van der Waals surface area contributed by atoms with Crippen LogP contribution in [0.15, 0.2) is 80.6 Å². The maximum Gasteiger partial charge on any atom is 0.231 e. The van der Waals surface area contributed by atoms with Crippen LogP contribution in [0.1, 0.15) is 5.56 Å². The fraction of sp³-hybridized carbons (Fsp3) is 0. The molecule has 0 bridgehead atoms. The van der Waals surface area contributed by atoms with Gasteiger partial charge in [0.15, 0.2) is 5.58 Å². The number of hydrogen-bond acceptors (Lipinski definition) is 5. The summed E-state index contributed by atoms with van der Waals surface area (Å²) in [6.07, 6.45) is 1.53. The third-order valence-corrected chi connectivity index (χ3v) is 5.62. The molecule has 4 aromatic carbocycles. The average Bonchev–Trinajstić information content (AvgIpc) is 3.17. The summed E-state index contributed by atoms with van der Waals surface area (Å²) in [6.45, 7) is 0. The van der Waals surface area contributed by atoms with Crippen LogP contribution in [0.2, 0.25) is 5.02 Å². The summed E-state index contributed by atoms with van der Waals surface area (Å²) in [5.41, 5.74) is 2.82. The highest BCUT2D eigenvalue weighted by atomic mass is 79.9. The van der Waals surface area contributed by atoms with E-state index in [-0.39, 0.29) is 16.5 Å². The Morgan fingerprint density at radius 2 is 1.74 bits per heavy atom. The zero-order valence-corrected chi connectivity index (χ0v) is 18.2. The maximum absolute atomic E-state index is 10.5. The molecule has 5 aromatic rings. The van der Waals surface area contributed by atoms with E-state index in [1.807, 2.05) is 30.3 Å². The smallest absolute Gasteiger partial charge is 0.231 e. The van der Waals surface area contributed by atoms with Crippen LogP contribution in [-0.2, 0) is 0 Å². The molecule has 0 aliphatic rings. The van der Waals surface area contributed by atoms with E-state index in [1.165, 1.54) is 6.21 Å².